The first-order chi connectivity index (χ1) is 13.2. The van der Waals surface area contributed by atoms with E-state index in [1.54, 1.807) is 13.2 Å². The molecule has 0 spiro atoms. The number of nitrogens with zero attached hydrogens (tertiary/aromatic N) is 2. The molecule has 0 atom stereocenters. The van der Waals surface area contributed by atoms with E-state index in [-0.39, 0.29) is 5.97 Å². The number of hydrogen-bond donors (Lipinski definition) is 0. The second kappa shape index (κ2) is 9.21. The minimum Gasteiger partial charge on any atom is -0.448 e. The Labute approximate surface area is 159 Å². The Morgan fingerprint density at radius 2 is 1.96 bits per heavy atom. The number of hydrogen-bond acceptors (Lipinski definition) is 4. The Balaban J connectivity index is 2.00. The number of fused-ring (bicyclic) bond motifs is 1. The van der Waals surface area contributed by atoms with Gasteiger partial charge in [-0.1, -0.05) is 56.5 Å². The van der Waals surface area contributed by atoms with E-state index in [9.17, 15) is 4.79 Å². The fraction of sp³-hybridized carbons (Fsp3) is 0.364. The molecule has 3 rings (SSSR count). The molecule has 0 saturated heterocycles. The van der Waals surface area contributed by atoms with Crippen LogP contribution < -0.4 is 0 Å². The van der Waals surface area contributed by atoms with E-state index in [0.29, 0.717) is 6.42 Å². The van der Waals surface area contributed by atoms with Crippen molar-refractivity contribution in [3.05, 3.63) is 54.4 Å². The molecule has 3 aromatic rings. The molecule has 2 heterocycles. The summed E-state index contributed by atoms with van der Waals surface area (Å²) in [4.78, 5) is 16.8. The Hall–Kier alpha value is -2.82. The van der Waals surface area contributed by atoms with Gasteiger partial charge >= 0.3 is 5.97 Å². The number of aromatic nitrogens is 1. The summed E-state index contributed by atoms with van der Waals surface area (Å²) >= 11 is 0. The second-order valence-electron chi connectivity index (χ2n) is 6.55. The normalized spacial score (nSPS) is 11.9. The third kappa shape index (κ3) is 4.48. The highest BCUT2D eigenvalue weighted by Crippen LogP contribution is 2.27. The van der Waals surface area contributed by atoms with Crippen LogP contribution in [-0.4, -0.2) is 16.2 Å². The van der Waals surface area contributed by atoms with Crippen molar-refractivity contribution in [2.24, 2.45) is 5.16 Å². The van der Waals surface area contributed by atoms with Crippen LogP contribution in [-0.2, 0) is 9.63 Å². The molecule has 142 valence electrons. The van der Waals surface area contributed by atoms with Crippen LogP contribution in [0.1, 0.15) is 57.9 Å². The zero-order chi connectivity index (χ0) is 19.1. The summed E-state index contributed by atoms with van der Waals surface area (Å²) in [6, 6.07) is 11.9. The zero-order valence-corrected chi connectivity index (χ0v) is 16.0. The number of furan rings is 1. The molecule has 0 amide bonds. The highest BCUT2D eigenvalue weighted by Gasteiger charge is 2.16. The van der Waals surface area contributed by atoms with Crippen molar-refractivity contribution >= 4 is 22.6 Å². The smallest absolute Gasteiger partial charge is 0.334 e. The topological polar surface area (TPSA) is 56.7 Å². The molecule has 0 aliphatic heterocycles. The minimum atomic E-state index is -0.323. The molecule has 0 saturated carbocycles. The molecule has 1 aromatic carbocycles. The molecule has 0 aliphatic rings. The zero-order valence-electron chi connectivity index (χ0n) is 16.0. The first-order valence-corrected chi connectivity index (χ1v) is 9.65. The van der Waals surface area contributed by atoms with E-state index < -0.39 is 0 Å². The molecule has 0 bridgehead atoms. The molecule has 5 heteroatoms. The molecule has 2 aromatic heterocycles. The SMILES string of the molecule is CCCCCC/C(=N\OC(=O)CC)c1cn(-c2ccco2)c2ccccc12. The summed E-state index contributed by atoms with van der Waals surface area (Å²) in [5, 5.41) is 5.30. The van der Waals surface area contributed by atoms with Gasteiger partial charge < -0.3 is 9.25 Å². The summed E-state index contributed by atoms with van der Waals surface area (Å²) in [6.07, 6.45) is 9.26. The number of carbonyl (C=O) groups is 1. The van der Waals surface area contributed by atoms with E-state index in [0.717, 1.165) is 47.3 Å². The van der Waals surface area contributed by atoms with Crippen LogP contribution in [0.5, 0.6) is 0 Å². The van der Waals surface area contributed by atoms with Crippen molar-refractivity contribution in [3.8, 4) is 5.88 Å². The lowest BCUT2D eigenvalue weighted by molar-refractivity contribution is -0.143. The predicted molar refractivity (Wildman–Crippen MR) is 107 cm³/mol. The number of unbranched alkanes of at least 4 members (excludes halogenated alkanes) is 3. The van der Waals surface area contributed by atoms with Crippen LogP contribution in [0, 0.1) is 0 Å². The van der Waals surface area contributed by atoms with E-state index in [1.807, 2.05) is 41.1 Å². The summed E-state index contributed by atoms with van der Waals surface area (Å²) < 4.78 is 7.59. The molecule has 0 radical (unpaired) electrons. The van der Waals surface area contributed by atoms with Gasteiger partial charge in [0.05, 0.1) is 17.5 Å². The van der Waals surface area contributed by atoms with Crippen LogP contribution in [0.2, 0.25) is 0 Å². The number of benzene rings is 1. The maximum absolute atomic E-state index is 11.6. The molecule has 0 fully saturated rings. The number of para-hydroxylation sites is 1. The average molecular weight is 366 g/mol. The maximum Gasteiger partial charge on any atom is 0.334 e. The lowest BCUT2D eigenvalue weighted by atomic mass is 10.0. The lowest BCUT2D eigenvalue weighted by Crippen LogP contribution is -2.05. The predicted octanol–water partition coefficient (Wildman–Crippen LogP) is 5.85. The number of oxime groups is 1. The van der Waals surface area contributed by atoms with Crippen molar-refractivity contribution in [1.82, 2.24) is 4.57 Å². The highest BCUT2D eigenvalue weighted by atomic mass is 16.7. The lowest BCUT2D eigenvalue weighted by Gasteiger charge is -2.05. The summed E-state index contributed by atoms with van der Waals surface area (Å²) in [7, 11) is 0. The van der Waals surface area contributed by atoms with Crippen LogP contribution >= 0.6 is 0 Å². The Kier molecular flexibility index (Phi) is 6.47. The standard InChI is InChI=1S/C22H26N2O3/c1-3-5-6-7-12-19(23-27-22(25)4-2)18-16-24(21-14-10-15-26-21)20-13-9-8-11-17(18)20/h8-11,13-16H,3-7,12H2,1-2H3/b23-19+. The fourth-order valence-corrected chi connectivity index (χ4v) is 3.12. The summed E-state index contributed by atoms with van der Waals surface area (Å²) in [6.45, 7) is 3.95. The van der Waals surface area contributed by atoms with Gasteiger partial charge in [0.25, 0.3) is 0 Å². The van der Waals surface area contributed by atoms with Gasteiger partial charge in [0, 0.05) is 29.6 Å². The van der Waals surface area contributed by atoms with Crippen molar-refractivity contribution in [2.45, 2.75) is 52.4 Å². The largest absolute Gasteiger partial charge is 0.448 e. The van der Waals surface area contributed by atoms with Crippen LogP contribution in [0.4, 0.5) is 0 Å². The molecule has 0 aliphatic carbocycles. The van der Waals surface area contributed by atoms with E-state index >= 15 is 0 Å². The maximum atomic E-state index is 11.6. The van der Waals surface area contributed by atoms with Crippen molar-refractivity contribution in [2.75, 3.05) is 0 Å². The average Bonchev–Trinajstić information content (AvgIpc) is 3.35. The van der Waals surface area contributed by atoms with Gasteiger partial charge in [-0.3, -0.25) is 4.57 Å². The minimum absolute atomic E-state index is 0.306. The van der Waals surface area contributed by atoms with Crippen molar-refractivity contribution in [1.29, 1.82) is 0 Å². The number of carbonyl (C=O) groups excluding carboxylic acids is 1. The van der Waals surface area contributed by atoms with Gasteiger partial charge in [-0.15, -0.1) is 0 Å². The van der Waals surface area contributed by atoms with Gasteiger partial charge in [0.2, 0.25) is 5.88 Å². The second-order valence-corrected chi connectivity index (χ2v) is 6.55. The molecule has 0 N–H and O–H groups in total. The summed E-state index contributed by atoms with van der Waals surface area (Å²) in [5.74, 6) is 0.421. The van der Waals surface area contributed by atoms with Gasteiger partial charge in [0.1, 0.15) is 0 Å². The quantitative estimate of drug-likeness (QED) is 0.206. The Morgan fingerprint density at radius 1 is 1.11 bits per heavy atom. The first-order valence-electron chi connectivity index (χ1n) is 9.65. The van der Waals surface area contributed by atoms with Crippen LogP contribution in [0.15, 0.2) is 58.4 Å². The van der Waals surface area contributed by atoms with Gasteiger partial charge in [-0.25, -0.2) is 4.79 Å². The van der Waals surface area contributed by atoms with E-state index in [1.165, 1.54) is 12.8 Å². The first kappa shape index (κ1) is 19.0. The van der Waals surface area contributed by atoms with E-state index in [2.05, 4.69) is 18.1 Å². The molecule has 5 nitrogen and oxygen atoms in total. The Bertz CT molecular complexity index is 907. The monoisotopic (exact) mass is 366 g/mol. The van der Waals surface area contributed by atoms with Gasteiger partial charge in [-0.05, 0) is 25.0 Å². The van der Waals surface area contributed by atoms with Crippen LogP contribution in [0.25, 0.3) is 16.8 Å². The fourth-order valence-electron chi connectivity index (χ4n) is 3.12. The molecule has 27 heavy (non-hydrogen) atoms. The van der Waals surface area contributed by atoms with Crippen molar-refractivity contribution < 1.29 is 14.0 Å². The third-order valence-corrected chi connectivity index (χ3v) is 4.58. The Morgan fingerprint density at radius 3 is 2.70 bits per heavy atom. The van der Waals surface area contributed by atoms with Crippen molar-refractivity contribution in [3.63, 3.8) is 0 Å². The molecular formula is C22H26N2O3. The highest BCUT2D eigenvalue weighted by molar-refractivity contribution is 6.11. The van der Waals surface area contributed by atoms with Gasteiger partial charge in [-0.2, -0.15) is 0 Å². The molecule has 0 unspecified atom stereocenters. The molecular weight excluding hydrogens is 340 g/mol. The van der Waals surface area contributed by atoms with Gasteiger partial charge in [0.15, 0.2) is 0 Å². The van der Waals surface area contributed by atoms with E-state index in [4.69, 9.17) is 9.25 Å². The summed E-state index contributed by atoms with van der Waals surface area (Å²) in [5.41, 5.74) is 2.81. The van der Waals surface area contributed by atoms with Crippen LogP contribution in [0.3, 0.4) is 0 Å². The number of rotatable bonds is 9. The third-order valence-electron chi connectivity index (χ3n) is 4.58.